The molecule has 1 heterocycles. The van der Waals surface area contributed by atoms with Crippen molar-refractivity contribution in [3.05, 3.63) is 43.8 Å². The molecule has 3 N–H and O–H groups in total. The summed E-state index contributed by atoms with van der Waals surface area (Å²) in [6.07, 6.45) is 0.695. The molecule has 0 atom stereocenters. The van der Waals surface area contributed by atoms with Crippen molar-refractivity contribution >= 4 is 46.1 Å². The second-order valence-electron chi connectivity index (χ2n) is 4.24. The summed E-state index contributed by atoms with van der Waals surface area (Å²) in [4.78, 5) is 16.3. The van der Waals surface area contributed by atoms with Crippen LogP contribution in [-0.2, 0) is 6.42 Å². The minimum Gasteiger partial charge on any atom is -0.396 e. The Morgan fingerprint density at radius 1 is 1.40 bits per heavy atom. The lowest BCUT2D eigenvalue weighted by Gasteiger charge is -2.07. The number of nitrogen functional groups attached to an aromatic ring is 1. The highest BCUT2D eigenvalue weighted by Gasteiger charge is 2.11. The van der Waals surface area contributed by atoms with Gasteiger partial charge in [-0.3, -0.25) is 4.79 Å². The van der Waals surface area contributed by atoms with E-state index in [4.69, 9.17) is 28.9 Å². The summed E-state index contributed by atoms with van der Waals surface area (Å²) in [5.41, 5.74) is 7.29. The molecule has 2 rings (SSSR count). The van der Waals surface area contributed by atoms with E-state index in [2.05, 4.69) is 10.3 Å². The van der Waals surface area contributed by atoms with E-state index in [0.717, 1.165) is 10.7 Å². The molecule has 0 spiro atoms. The number of aromatic nitrogens is 1. The SMILES string of the molecule is Cc1csc(CCNC(=O)c2cc(Cl)c(N)c(Cl)c2)n1. The first-order chi connectivity index (χ1) is 9.47. The van der Waals surface area contributed by atoms with Gasteiger partial charge >= 0.3 is 0 Å². The maximum Gasteiger partial charge on any atom is 0.251 e. The Hall–Kier alpha value is -1.30. The molecule has 7 heteroatoms. The van der Waals surface area contributed by atoms with Gasteiger partial charge in [-0.25, -0.2) is 4.98 Å². The number of rotatable bonds is 4. The number of anilines is 1. The highest BCUT2D eigenvalue weighted by atomic mass is 35.5. The third-order valence-electron chi connectivity index (χ3n) is 2.63. The number of benzene rings is 1. The maximum atomic E-state index is 12.0. The van der Waals surface area contributed by atoms with Crippen molar-refractivity contribution in [2.75, 3.05) is 12.3 Å². The smallest absolute Gasteiger partial charge is 0.251 e. The number of nitrogens with zero attached hydrogens (tertiary/aromatic N) is 1. The van der Waals surface area contributed by atoms with Crippen LogP contribution in [0.3, 0.4) is 0 Å². The molecule has 0 aliphatic rings. The molecule has 1 aromatic carbocycles. The molecule has 0 bridgehead atoms. The second-order valence-corrected chi connectivity index (χ2v) is 6.00. The van der Waals surface area contributed by atoms with E-state index >= 15 is 0 Å². The number of nitrogens with one attached hydrogen (secondary N) is 1. The van der Waals surface area contributed by atoms with Crippen LogP contribution < -0.4 is 11.1 Å². The molecule has 0 fully saturated rings. The number of hydrogen-bond donors (Lipinski definition) is 2. The van der Waals surface area contributed by atoms with Gasteiger partial charge in [-0.2, -0.15) is 0 Å². The molecule has 106 valence electrons. The van der Waals surface area contributed by atoms with Crippen LogP contribution in [0.1, 0.15) is 21.1 Å². The Morgan fingerprint density at radius 3 is 2.60 bits per heavy atom. The van der Waals surface area contributed by atoms with E-state index in [9.17, 15) is 4.79 Å². The fourth-order valence-corrected chi connectivity index (χ4v) is 2.88. The van der Waals surface area contributed by atoms with Crippen LogP contribution in [0.4, 0.5) is 5.69 Å². The monoisotopic (exact) mass is 329 g/mol. The minimum absolute atomic E-state index is 0.234. The number of hydrogen-bond acceptors (Lipinski definition) is 4. The molecule has 1 aromatic heterocycles. The number of nitrogens with two attached hydrogens (primary N) is 1. The van der Waals surface area contributed by atoms with E-state index in [1.165, 1.54) is 12.1 Å². The van der Waals surface area contributed by atoms with Gasteiger partial charge in [-0.05, 0) is 19.1 Å². The zero-order chi connectivity index (χ0) is 14.7. The molecular formula is C13H13Cl2N3OS. The number of carbonyl (C=O) groups excluding carboxylic acids is 1. The van der Waals surface area contributed by atoms with Gasteiger partial charge in [0.2, 0.25) is 0 Å². The van der Waals surface area contributed by atoms with E-state index in [-0.39, 0.29) is 21.6 Å². The first kappa shape index (κ1) is 15.1. The van der Waals surface area contributed by atoms with Crippen LogP contribution in [0, 0.1) is 6.92 Å². The van der Waals surface area contributed by atoms with Crippen molar-refractivity contribution in [1.82, 2.24) is 10.3 Å². The van der Waals surface area contributed by atoms with Gasteiger partial charge in [0, 0.05) is 29.6 Å². The summed E-state index contributed by atoms with van der Waals surface area (Å²) in [7, 11) is 0. The van der Waals surface area contributed by atoms with Crippen molar-refractivity contribution in [3.63, 3.8) is 0 Å². The zero-order valence-electron chi connectivity index (χ0n) is 10.7. The molecule has 0 aliphatic heterocycles. The summed E-state index contributed by atoms with van der Waals surface area (Å²) in [5.74, 6) is -0.234. The fraction of sp³-hybridized carbons (Fsp3) is 0.231. The lowest BCUT2D eigenvalue weighted by molar-refractivity contribution is 0.0954. The standard InChI is InChI=1S/C13H13Cl2N3OS/c1-7-6-20-11(18-7)2-3-17-13(19)8-4-9(14)12(16)10(15)5-8/h4-6H,2-3,16H2,1H3,(H,17,19). The zero-order valence-corrected chi connectivity index (χ0v) is 13.1. The Balaban J connectivity index is 1.95. The maximum absolute atomic E-state index is 12.0. The first-order valence-electron chi connectivity index (χ1n) is 5.91. The van der Waals surface area contributed by atoms with Gasteiger partial charge in [-0.15, -0.1) is 11.3 Å². The predicted octanol–water partition coefficient (Wildman–Crippen LogP) is 3.31. The topological polar surface area (TPSA) is 68.0 Å². The van der Waals surface area contributed by atoms with Gasteiger partial charge in [0.1, 0.15) is 0 Å². The summed E-state index contributed by atoms with van der Waals surface area (Å²) < 4.78 is 0. The molecule has 0 saturated heterocycles. The van der Waals surface area contributed by atoms with Crippen LogP contribution in [-0.4, -0.2) is 17.4 Å². The molecule has 20 heavy (non-hydrogen) atoms. The van der Waals surface area contributed by atoms with Crippen LogP contribution in [0.25, 0.3) is 0 Å². The normalized spacial score (nSPS) is 10.6. The highest BCUT2D eigenvalue weighted by Crippen LogP contribution is 2.28. The van der Waals surface area contributed by atoms with Crippen LogP contribution in [0.2, 0.25) is 10.0 Å². The highest BCUT2D eigenvalue weighted by molar-refractivity contribution is 7.09. The average Bonchev–Trinajstić information content (AvgIpc) is 2.81. The van der Waals surface area contributed by atoms with Crippen LogP contribution in [0.15, 0.2) is 17.5 Å². The molecule has 0 unspecified atom stereocenters. The van der Waals surface area contributed by atoms with Crippen molar-refractivity contribution in [2.24, 2.45) is 0 Å². The Bertz CT molecular complexity index is 619. The summed E-state index contributed by atoms with van der Waals surface area (Å²) in [6.45, 7) is 2.45. The predicted molar refractivity (Wildman–Crippen MR) is 83.8 cm³/mol. The Kier molecular flexibility index (Phi) is 4.86. The lowest BCUT2D eigenvalue weighted by atomic mass is 10.2. The Morgan fingerprint density at radius 2 is 2.05 bits per heavy atom. The van der Waals surface area contributed by atoms with E-state index in [0.29, 0.717) is 18.5 Å². The van der Waals surface area contributed by atoms with Gasteiger partial charge in [0.25, 0.3) is 5.91 Å². The number of aryl methyl sites for hydroxylation is 1. The molecular weight excluding hydrogens is 317 g/mol. The molecule has 0 saturated carbocycles. The summed E-state index contributed by atoms with van der Waals surface area (Å²) >= 11 is 13.4. The Labute approximate surface area is 130 Å². The van der Waals surface area contributed by atoms with Gasteiger partial charge < -0.3 is 11.1 Å². The molecule has 4 nitrogen and oxygen atoms in total. The van der Waals surface area contributed by atoms with Crippen molar-refractivity contribution < 1.29 is 4.79 Å². The lowest BCUT2D eigenvalue weighted by Crippen LogP contribution is -2.25. The number of amides is 1. The van der Waals surface area contributed by atoms with Gasteiger partial charge in [0.05, 0.1) is 20.7 Å². The van der Waals surface area contributed by atoms with Crippen LogP contribution >= 0.6 is 34.5 Å². The average molecular weight is 330 g/mol. The summed E-state index contributed by atoms with van der Waals surface area (Å²) in [5, 5.41) is 6.33. The van der Waals surface area contributed by atoms with Gasteiger partial charge in [0.15, 0.2) is 0 Å². The van der Waals surface area contributed by atoms with Crippen molar-refractivity contribution in [1.29, 1.82) is 0 Å². The molecule has 0 radical (unpaired) electrons. The van der Waals surface area contributed by atoms with Gasteiger partial charge in [-0.1, -0.05) is 23.2 Å². The van der Waals surface area contributed by atoms with E-state index < -0.39 is 0 Å². The van der Waals surface area contributed by atoms with Crippen molar-refractivity contribution in [2.45, 2.75) is 13.3 Å². The third kappa shape index (κ3) is 3.62. The summed E-state index contributed by atoms with van der Waals surface area (Å²) in [6, 6.07) is 3.01. The third-order valence-corrected chi connectivity index (χ3v) is 4.28. The number of halogens is 2. The van der Waals surface area contributed by atoms with Crippen LogP contribution in [0.5, 0.6) is 0 Å². The second kappa shape index (κ2) is 6.43. The minimum atomic E-state index is -0.234. The largest absolute Gasteiger partial charge is 0.396 e. The number of thiazole rings is 1. The quantitative estimate of drug-likeness (QED) is 0.845. The molecule has 2 aromatic rings. The number of carbonyl (C=O) groups is 1. The molecule has 0 aliphatic carbocycles. The van der Waals surface area contributed by atoms with E-state index in [1.807, 2.05) is 12.3 Å². The van der Waals surface area contributed by atoms with Crippen molar-refractivity contribution in [3.8, 4) is 0 Å². The molecule has 1 amide bonds. The van der Waals surface area contributed by atoms with E-state index in [1.54, 1.807) is 11.3 Å². The first-order valence-corrected chi connectivity index (χ1v) is 7.54. The fourth-order valence-electron chi connectivity index (χ4n) is 1.62.